The molecule has 0 spiro atoms. The Morgan fingerprint density at radius 3 is 1.61 bits per heavy atom. The van der Waals surface area contributed by atoms with Gasteiger partial charge in [-0.2, -0.15) is 0 Å². The molecule has 0 atom stereocenters. The van der Waals surface area contributed by atoms with E-state index in [1.807, 2.05) is 11.8 Å². The molecule has 31 heavy (non-hydrogen) atoms. The molecule has 1 aliphatic heterocycles. The SMILES string of the molecule is Cc1ccc(N=C2SC(c3ccc(C)cc3)(c3ccc(C)cc3)c3ccccc32)cc1. The van der Waals surface area contributed by atoms with E-state index in [1.54, 1.807) is 0 Å². The van der Waals surface area contributed by atoms with Gasteiger partial charge in [-0.1, -0.05) is 113 Å². The van der Waals surface area contributed by atoms with Gasteiger partial charge in [0, 0.05) is 5.56 Å². The van der Waals surface area contributed by atoms with Crippen molar-refractivity contribution in [2.24, 2.45) is 4.99 Å². The van der Waals surface area contributed by atoms with Crippen molar-refractivity contribution in [3.63, 3.8) is 0 Å². The van der Waals surface area contributed by atoms with E-state index in [1.165, 1.54) is 38.9 Å². The summed E-state index contributed by atoms with van der Waals surface area (Å²) in [5, 5.41) is 1.07. The maximum absolute atomic E-state index is 5.10. The van der Waals surface area contributed by atoms with Crippen LogP contribution in [0.3, 0.4) is 0 Å². The van der Waals surface area contributed by atoms with Gasteiger partial charge < -0.3 is 0 Å². The van der Waals surface area contributed by atoms with Crippen molar-refractivity contribution in [2.75, 3.05) is 0 Å². The number of aliphatic imine (C=N–C) groups is 1. The first-order chi connectivity index (χ1) is 15.1. The van der Waals surface area contributed by atoms with Crippen LogP contribution in [0.5, 0.6) is 0 Å². The summed E-state index contributed by atoms with van der Waals surface area (Å²) in [7, 11) is 0. The molecule has 1 nitrogen and oxygen atoms in total. The fraction of sp³-hybridized carbons (Fsp3) is 0.138. The summed E-state index contributed by atoms with van der Waals surface area (Å²) < 4.78 is -0.318. The molecule has 0 radical (unpaired) electrons. The van der Waals surface area contributed by atoms with E-state index in [9.17, 15) is 0 Å². The molecule has 0 saturated carbocycles. The van der Waals surface area contributed by atoms with E-state index in [0.717, 1.165) is 10.7 Å². The zero-order valence-electron chi connectivity index (χ0n) is 18.1. The highest BCUT2D eigenvalue weighted by Crippen LogP contribution is 2.56. The molecule has 1 heterocycles. The monoisotopic (exact) mass is 419 g/mol. The smallest absolute Gasteiger partial charge is 0.106 e. The number of aryl methyl sites for hydroxylation is 3. The standard InChI is InChI=1S/C29H25NS/c1-20-8-14-23(15-9-20)29(24-16-10-21(2)11-17-24)27-7-5-4-6-26(27)28(31-29)30-25-18-12-22(3)13-19-25/h4-19H,1-3H3. The average molecular weight is 420 g/mol. The molecule has 1 aliphatic rings. The summed E-state index contributed by atoms with van der Waals surface area (Å²) in [5.74, 6) is 0. The van der Waals surface area contributed by atoms with Crippen molar-refractivity contribution in [3.8, 4) is 0 Å². The topological polar surface area (TPSA) is 12.4 Å². The first-order valence-electron chi connectivity index (χ1n) is 10.6. The predicted octanol–water partition coefficient (Wildman–Crippen LogP) is 7.73. The third kappa shape index (κ3) is 3.51. The molecule has 0 aliphatic carbocycles. The second-order valence-corrected chi connectivity index (χ2v) is 9.52. The summed E-state index contributed by atoms with van der Waals surface area (Å²) in [4.78, 5) is 5.10. The van der Waals surface area contributed by atoms with Crippen molar-refractivity contribution >= 4 is 22.5 Å². The molecular formula is C29H25NS. The summed E-state index contributed by atoms with van der Waals surface area (Å²) in [6, 6.07) is 35.1. The maximum Gasteiger partial charge on any atom is 0.106 e. The van der Waals surface area contributed by atoms with E-state index in [0.29, 0.717) is 0 Å². The van der Waals surface area contributed by atoms with Crippen LogP contribution < -0.4 is 0 Å². The highest BCUT2D eigenvalue weighted by molar-refractivity contribution is 8.16. The van der Waals surface area contributed by atoms with Crippen molar-refractivity contribution in [2.45, 2.75) is 25.5 Å². The summed E-state index contributed by atoms with van der Waals surface area (Å²) >= 11 is 1.85. The molecule has 2 heteroatoms. The molecule has 0 fully saturated rings. The van der Waals surface area contributed by atoms with Gasteiger partial charge in [0.1, 0.15) is 5.04 Å². The van der Waals surface area contributed by atoms with Gasteiger partial charge in [-0.3, -0.25) is 0 Å². The van der Waals surface area contributed by atoms with Crippen LogP contribution >= 0.6 is 11.8 Å². The van der Waals surface area contributed by atoms with Crippen LogP contribution in [0, 0.1) is 20.8 Å². The highest BCUT2D eigenvalue weighted by Gasteiger charge is 2.46. The van der Waals surface area contributed by atoms with Crippen LogP contribution in [0.15, 0.2) is 102 Å². The number of benzene rings is 4. The molecule has 5 rings (SSSR count). The normalized spacial score (nSPS) is 15.8. The van der Waals surface area contributed by atoms with E-state index in [4.69, 9.17) is 4.99 Å². The number of hydrogen-bond acceptors (Lipinski definition) is 2. The van der Waals surface area contributed by atoms with Crippen LogP contribution in [0.1, 0.15) is 38.9 Å². The summed E-state index contributed by atoms with van der Waals surface area (Å²) in [5.41, 5.74) is 9.87. The molecular weight excluding hydrogens is 394 g/mol. The van der Waals surface area contributed by atoms with E-state index in [-0.39, 0.29) is 4.75 Å². The molecule has 4 aromatic carbocycles. The summed E-state index contributed by atoms with van der Waals surface area (Å²) in [6.45, 7) is 6.39. The average Bonchev–Trinajstić information content (AvgIpc) is 3.12. The first kappa shape index (κ1) is 19.8. The molecule has 0 N–H and O–H groups in total. The highest BCUT2D eigenvalue weighted by atomic mass is 32.2. The largest absolute Gasteiger partial charge is 0.241 e. The van der Waals surface area contributed by atoms with Gasteiger partial charge in [-0.05, 0) is 49.6 Å². The zero-order chi connectivity index (χ0) is 21.4. The molecule has 4 aromatic rings. The Balaban J connectivity index is 1.75. The van der Waals surface area contributed by atoms with Crippen molar-refractivity contribution in [1.82, 2.24) is 0 Å². The first-order valence-corrected chi connectivity index (χ1v) is 11.5. The van der Waals surface area contributed by atoms with E-state index < -0.39 is 0 Å². The van der Waals surface area contributed by atoms with Crippen LogP contribution in [-0.4, -0.2) is 5.04 Å². The lowest BCUT2D eigenvalue weighted by Crippen LogP contribution is -2.23. The molecule has 0 unspecified atom stereocenters. The maximum atomic E-state index is 5.10. The van der Waals surface area contributed by atoms with Gasteiger partial charge in [0.2, 0.25) is 0 Å². The minimum absolute atomic E-state index is 0.318. The molecule has 0 saturated heterocycles. The number of fused-ring (bicyclic) bond motifs is 1. The Kier molecular flexibility index (Phi) is 5.03. The molecule has 0 amide bonds. The Labute approximate surface area is 188 Å². The third-order valence-electron chi connectivity index (χ3n) is 5.97. The third-order valence-corrected chi connectivity index (χ3v) is 7.47. The Morgan fingerprint density at radius 1 is 0.581 bits per heavy atom. The Bertz CT molecular complexity index is 1200. The number of thioether (sulfide) groups is 1. The van der Waals surface area contributed by atoms with Crippen molar-refractivity contribution in [1.29, 1.82) is 0 Å². The zero-order valence-corrected chi connectivity index (χ0v) is 18.9. The van der Waals surface area contributed by atoms with Crippen LogP contribution in [0.2, 0.25) is 0 Å². The van der Waals surface area contributed by atoms with Gasteiger partial charge in [0.05, 0.1) is 10.4 Å². The number of hydrogen-bond donors (Lipinski definition) is 0. The minimum Gasteiger partial charge on any atom is -0.241 e. The lowest BCUT2D eigenvalue weighted by molar-refractivity contribution is 0.905. The van der Waals surface area contributed by atoms with Gasteiger partial charge >= 0.3 is 0 Å². The lowest BCUT2D eigenvalue weighted by Gasteiger charge is -2.31. The molecule has 0 aromatic heterocycles. The van der Waals surface area contributed by atoms with Crippen LogP contribution in [0.4, 0.5) is 5.69 Å². The summed E-state index contributed by atoms with van der Waals surface area (Å²) in [6.07, 6.45) is 0. The number of rotatable bonds is 3. The second kappa shape index (κ2) is 7.86. The van der Waals surface area contributed by atoms with Gasteiger partial charge in [0.15, 0.2) is 0 Å². The van der Waals surface area contributed by atoms with Crippen molar-refractivity contribution in [3.05, 3.63) is 136 Å². The fourth-order valence-corrected chi connectivity index (χ4v) is 5.75. The van der Waals surface area contributed by atoms with E-state index in [2.05, 4.69) is 118 Å². The Morgan fingerprint density at radius 2 is 1.06 bits per heavy atom. The molecule has 0 bridgehead atoms. The second-order valence-electron chi connectivity index (χ2n) is 8.31. The van der Waals surface area contributed by atoms with Crippen LogP contribution in [0.25, 0.3) is 0 Å². The number of nitrogens with zero attached hydrogens (tertiary/aromatic N) is 1. The molecule has 152 valence electrons. The lowest BCUT2D eigenvalue weighted by atomic mass is 9.82. The fourth-order valence-electron chi connectivity index (χ4n) is 4.22. The van der Waals surface area contributed by atoms with Crippen LogP contribution in [-0.2, 0) is 4.75 Å². The minimum atomic E-state index is -0.318. The Hall–Kier alpha value is -3.10. The van der Waals surface area contributed by atoms with Gasteiger partial charge in [-0.15, -0.1) is 0 Å². The van der Waals surface area contributed by atoms with E-state index >= 15 is 0 Å². The van der Waals surface area contributed by atoms with Gasteiger partial charge in [-0.25, -0.2) is 4.99 Å². The van der Waals surface area contributed by atoms with Crippen molar-refractivity contribution < 1.29 is 0 Å². The van der Waals surface area contributed by atoms with Gasteiger partial charge in [0.25, 0.3) is 0 Å². The predicted molar refractivity (Wildman–Crippen MR) is 134 cm³/mol. The quantitative estimate of drug-likeness (QED) is 0.331.